The van der Waals surface area contributed by atoms with Crippen LogP contribution in [0.15, 0.2) is 24.3 Å². The Balaban J connectivity index is 1.37. The second-order valence-electron chi connectivity index (χ2n) is 5.56. The molecule has 2 aromatic heterocycles. The number of phenolic OH excluding ortho intramolecular Hbond substituents is 1. The third-order valence-corrected chi connectivity index (χ3v) is 4.61. The molecule has 126 valence electrons. The number of phenols is 1. The van der Waals surface area contributed by atoms with Crippen molar-refractivity contribution in [3.63, 3.8) is 0 Å². The van der Waals surface area contributed by atoms with Crippen LogP contribution in [0.1, 0.15) is 29.2 Å². The number of carbonyl (C=O) groups excluding carboxylic acids is 1. The fraction of sp³-hybridized carbons (Fsp3) is 0.375. The summed E-state index contributed by atoms with van der Waals surface area (Å²) in [4.78, 5) is 12.7. The Hall–Kier alpha value is -2.48. The van der Waals surface area contributed by atoms with Crippen molar-refractivity contribution in [1.82, 2.24) is 25.1 Å². The van der Waals surface area contributed by atoms with E-state index in [1.165, 1.54) is 11.3 Å². The van der Waals surface area contributed by atoms with Crippen molar-refractivity contribution >= 4 is 22.2 Å². The zero-order chi connectivity index (χ0) is 16.9. The summed E-state index contributed by atoms with van der Waals surface area (Å²) < 4.78 is 1.70. The number of carbonyl (C=O) groups is 1. The van der Waals surface area contributed by atoms with Crippen LogP contribution in [0.25, 0.3) is 4.96 Å². The van der Waals surface area contributed by atoms with E-state index in [0.29, 0.717) is 19.4 Å². The van der Waals surface area contributed by atoms with Crippen molar-refractivity contribution in [3.8, 4) is 5.75 Å². The molecule has 2 heterocycles. The van der Waals surface area contributed by atoms with Gasteiger partial charge in [-0.1, -0.05) is 23.5 Å². The van der Waals surface area contributed by atoms with Crippen molar-refractivity contribution < 1.29 is 9.90 Å². The molecule has 0 saturated carbocycles. The molecule has 24 heavy (non-hydrogen) atoms. The first-order valence-corrected chi connectivity index (χ1v) is 8.66. The van der Waals surface area contributed by atoms with Gasteiger partial charge in [-0.15, -0.1) is 10.2 Å². The van der Waals surface area contributed by atoms with Crippen molar-refractivity contribution in [2.45, 2.75) is 32.6 Å². The van der Waals surface area contributed by atoms with E-state index in [9.17, 15) is 9.90 Å². The third-order valence-electron chi connectivity index (χ3n) is 3.66. The Morgan fingerprint density at radius 1 is 1.25 bits per heavy atom. The van der Waals surface area contributed by atoms with E-state index >= 15 is 0 Å². The van der Waals surface area contributed by atoms with Gasteiger partial charge in [0.05, 0.1) is 0 Å². The second kappa shape index (κ2) is 7.39. The highest BCUT2D eigenvalue weighted by Crippen LogP contribution is 2.15. The molecule has 3 aromatic rings. The number of hydrogen-bond donors (Lipinski definition) is 2. The lowest BCUT2D eigenvalue weighted by Crippen LogP contribution is -2.25. The Morgan fingerprint density at radius 2 is 2.04 bits per heavy atom. The van der Waals surface area contributed by atoms with Crippen LogP contribution in [-0.4, -0.2) is 37.4 Å². The molecule has 0 fully saturated rings. The molecule has 0 aliphatic heterocycles. The largest absolute Gasteiger partial charge is 0.508 e. The van der Waals surface area contributed by atoms with Gasteiger partial charge in [0.25, 0.3) is 0 Å². The van der Waals surface area contributed by atoms with E-state index in [1.807, 2.05) is 19.1 Å². The van der Waals surface area contributed by atoms with Crippen LogP contribution in [0.3, 0.4) is 0 Å². The van der Waals surface area contributed by atoms with Crippen LogP contribution in [0.5, 0.6) is 5.75 Å². The average molecular weight is 345 g/mol. The van der Waals surface area contributed by atoms with Crippen LogP contribution in [-0.2, 0) is 17.6 Å². The summed E-state index contributed by atoms with van der Waals surface area (Å²) in [6.07, 6.45) is 2.77. The molecule has 0 aliphatic carbocycles. The molecule has 1 amide bonds. The van der Waals surface area contributed by atoms with Crippen molar-refractivity contribution in [1.29, 1.82) is 0 Å². The molecule has 0 atom stereocenters. The SMILES string of the molecule is Cc1nnc2sc(CCC(=O)NCCCc3ccc(O)cc3)nn12. The number of nitrogens with one attached hydrogen (secondary N) is 1. The number of rotatable bonds is 7. The first kappa shape index (κ1) is 16.4. The van der Waals surface area contributed by atoms with Crippen LogP contribution < -0.4 is 5.32 Å². The van der Waals surface area contributed by atoms with Gasteiger partial charge >= 0.3 is 0 Å². The molecule has 2 N–H and O–H groups in total. The lowest BCUT2D eigenvalue weighted by atomic mass is 10.1. The Bertz CT molecular complexity index is 825. The summed E-state index contributed by atoms with van der Waals surface area (Å²) >= 11 is 1.46. The van der Waals surface area contributed by atoms with Gasteiger partial charge in [-0.2, -0.15) is 9.61 Å². The molecule has 8 heteroatoms. The third kappa shape index (κ3) is 4.08. The maximum atomic E-state index is 11.9. The van der Waals surface area contributed by atoms with E-state index in [2.05, 4.69) is 20.6 Å². The predicted octanol–water partition coefficient (Wildman–Crippen LogP) is 1.88. The number of fused-ring (bicyclic) bond motifs is 1. The minimum Gasteiger partial charge on any atom is -0.508 e. The number of aromatic nitrogens is 4. The highest BCUT2D eigenvalue weighted by Gasteiger charge is 2.10. The standard InChI is InChI=1S/C16H19N5O2S/c1-11-18-19-16-21(11)20-15(24-16)9-8-14(23)17-10-2-3-12-4-6-13(22)7-5-12/h4-7,22H,2-3,8-10H2,1H3,(H,17,23). The zero-order valence-electron chi connectivity index (χ0n) is 13.4. The van der Waals surface area contributed by atoms with E-state index < -0.39 is 0 Å². The average Bonchev–Trinajstić information content (AvgIpc) is 3.13. The van der Waals surface area contributed by atoms with Gasteiger partial charge < -0.3 is 10.4 Å². The molecule has 0 bridgehead atoms. The molecule has 3 rings (SSSR count). The number of hydrogen-bond acceptors (Lipinski definition) is 6. The van der Waals surface area contributed by atoms with Crippen LogP contribution in [0.4, 0.5) is 0 Å². The summed E-state index contributed by atoms with van der Waals surface area (Å²) in [5, 5.41) is 25.4. The van der Waals surface area contributed by atoms with Gasteiger partial charge in [-0.25, -0.2) is 0 Å². The lowest BCUT2D eigenvalue weighted by Gasteiger charge is -2.05. The highest BCUT2D eigenvalue weighted by molar-refractivity contribution is 7.16. The minimum absolute atomic E-state index is 0.0309. The van der Waals surface area contributed by atoms with Gasteiger partial charge in [0, 0.05) is 19.4 Å². The predicted molar refractivity (Wildman–Crippen MR) is 91.2 cm³/mol. The first-order chi connectivity index (χ1) is 11.6. The Labute approximate surface area is 143 Å². The quantitative estimate of drug-likeness (QED) is 0.638. The van der Waals surface area contributed by atoms with Gasteiger partial charge in [0.2, 0.25) is 10.9 Å². The van der Waals surface area contributed by atoms with E-state index in [-0.39, 0.29) is 11.7 Å². The maximum absolute atomic E-state index is 11.9. The Morgan fingerprint density at radius 3 is 2.79 bits per heavy atom. The molecule has 0 saturated heterocycles. The zero-order valence-corrected chi connectivity index (χ0v) is 14.2. The van der Waals surface area contributed by atoms with Gasteiger partial charge in [-0.3, -0.25) is 4.79 Å². The van der Waals surface area contributed by atoms with Crippen molar-refractivity contribution in [2.24, 2.45) is 0 Å². The number of aromatic hydroxyl groups is 1. The summed E-state index contributed by atoms with van der Waals surface area (Å²) in [6.45, 7) is 2.49. The molecule has 0 radical (unpaired) electrons. The van der Waals surface area contributed by atoms with E-state index in [4.69, 9.17) is 0 Å². The van der Waals surface area contributed by atoms with Gasteiger partial charge in [0.1, 0.15) is 10.8 Å². The van der Waals surface area contributed by atoms with Crippen LogP contribution in [0, 0.1) is 6.92 Å². The topological polar surface area (TPSA) is 92.4 Å². The molecular weight excluding hydrogens is 326 g/mol. The summed E-state index contributed by atoms with van der Waals surface area (Å²) in [7, 11) is 0. The summed E-state index contributed by atoms with van der Waals surface area (Å²) in [5.74, 6) is 1.06. The maximum Gasteiger partial charge on any atom is 0.234 e. The van der Waals surface area contributed by atoms with E-state index in [1.54, 1.807) is 16.6 Å². The van der Waals surface area contributed by atoms with Gasteiger partial charge in [0.15, 0.2) is 5.82 Å². The van der Waals surface area contributed by atoms with Crippen LogP contribution >= 0.6 is 11.3 Å². The smallest absolute Gasteiger partial charge is 0.234 e. The summed E-state index contributed by atoms with van der Waals surface area (Å²) in [5.41, 5.74) is 1.15. The molecule has 0 unspecified atom stereocenters. The number of amides is 1. The fourth-order valence-corrected chi connectivity index (χ4v) is 3.23. The van der Waals surface area contributed by atoms with Gasteiger partial charge in [-0.05, 0) is 37.5 Å². The summed E-state index contributed by atoms with van der Waals surface area (Å²) in [6, 6.07) is 7.14. The highest BCUT2D eigenvalue weighted by atomic mass is 32.1. The first-order valence-electron chi connectivity index (χ1n) is 7.84. The van der Waals surface area contributed by atoms with E-state index in [0.717, 1.165) is 34.2 Å². The Kier molecular flexibility index (Phi) is 5.05. The number of aryl methyl sites for hydroxylation is 3. The molecule has 0 spiro atoms. The molecular formula is C16H19N5O2S. The van der Waals surface area contributed by atoms with Crippen molar-refractivity contribution in [2.75, 3.05) is 6.54 Å². The molecule has 0 aliphatic rings. The van der Waals surface area contributed by atoms with Crippen molar-refractivity contribution in [3.05, 3.63) is 40.7 Å². The molecule has 1 aromatic carbocycles. The normalized spacial score (nSPS) is 11.0. The number of nitrogens with zero attached hydrogens (tertiary/aromatic N) is 4. The molecule has 7 nitrogen and oxygen atoms in total. The number of benzene rings is 1. The monoisotopic (exact) mass is 345 g/mol. The second-order valence-corrected chi connectivity index (χ2v) is 6.60. The van der Waals surface area contributed by atoms with Crippen LogP contribution in [0.2, 0.25) is 0 Å². The minimum atomic E-state index is 0.0309. The lowest BCUT2D eigenvalue weighted by molar-refractivity contribution is -0.121. The fourth-order valence-electron chi connectivity index (χ4n) is 2.35.